The quantitative estimate of drug-likeness (QED) is 0.0877. The van der Waals surface area contributed by atoms with Gasteiger partial charge in [0.25, 0.3) is 0 Å². The van der Waals surface area contributed by atoms with Gasteiger partial charge in [-0.3, -0.25) is 0 Å². The summed E-state index contributed by atoms with van der Waals surface area (Å²) in [5.74, 6) is 1.38. The van der Waals surface area contributed by atoms with Crippen LogP contribution in [0.3, 0.4) is 0 Å². The van der Waals surface area contributed by atoms with E-state index < -0.39 is 30.5 Å². The van der Waals surface area contributed by atoms with Crippen molar-refractivity contribution in [3.63, 3.8) is 0 Å². The van der Waals surface area contributed by atoms with Gasteiger partial charge in [0.15, 0.2) is 0 Å². The van der Waals surface area contributed by atoms with Gasteiger partial charge >= 0.3 is 0 Å². The molecule has 0 radical (unpaired) electrons. The number of nitrogens with zero attached hydrogens (tertiary/aromatic N) is 2. The number of anilines is 1. The highest BCUT2D eigenvalue weighted by Crippen LogP contribution is 2.47. The molecule has 3 atom stereocenters. The maximum absolute atomic E-state index is 14.6. The largest absolute Gasteiger partial charge is 0.490 e. The lowest BCUT2D eigenvalue weighted by Crippen LogP contribution is -2.59. The number of fused-ring (bicyclic) bond motifs is 1. The van der Waals surface area contributed by atoms with Crippen LogP contribution in [-0.4, -0.2) is 86.4 Å². The summed E-state index contributed by atoms with van der Waals surface area (Å²) in [6.45, 7) is 20.9. The van der Waals surface area contributed by atoms with E-state index in [0.717, 1.165) is 59.8 Å². The second kappa shape index (κ2) is 18.9. The van der Waals surface area contributed by atoms with Gasteiger partial charge < -0.3 is 28.3 Å². The fraction of sp³-hybridized carbons (Fsp3) is 0.600. The van der Waals surface area contributed by atoms with Crippen LogP contribution in [0.5, 0.6) is 5.75 Å². The van der Waals surface area contributed by atoms with E-state index in [2.05, 4.69) is 82.8 Å². The molecule has 3 aromatic rings. The van der Waals surface area contributed by atoms with Gasteiger partial charge in [0.05, 0.1) is 42.5 Å². The molecule has 0 N–H and O–H groups in total. The second-order valence-corrected chi connectivity index (χ2v) is 24.5. The van der Waals surface area contributed by atoms with Crippen LogP contribution < -0.4 is 9.64 Å². The van der Waals surface area contributed by atoms with Gasteiger partial charge in [0.2, 0.25) is 18.3 Å². The van der Waals surface area contributed by atoms with E-state index in [1.165, 1.54) is 12.8 Å². The van der Waals surface area contributed by atoms with Crippen LogP contribution in [0.2, 0.25) is 16.6 Å². The van der Waals surface area contributed by atoms with E-state index in [1.54, 1.807) is 23.5 Å². The first-order valence-corrected chi connectivity index (χ1v) is 24.4. The van der Waals surface area contributed by atoms with Gasteiger partial charge in [-0.1, -0.05) is 89.6 Å². The Morgan fingerprint density at radius 1 is 0.839 bits per heavy atom. The zero-order valence-electron chi connectivity index (χ0n) is 35.0. The maximum Gasteiger partial charge on any atom is 0.243 e. The van der Waals surface area contributed by atoms with Crippen molar-refractivity contribution in [1.29, 1.82) is 0 Å². The standard InChI is InChI=1S/C45H66N2O7SSi/c1-32(2)56(33(3)4,34(5)6)54-44-28-47(55(48,49)40-19-10-35(7)11-20-40)27-43(45(44)39-17-14-37(15-18-39)30-51-29-36-12-13-36)53-31-38-16-21-42-41(26-38)46(23-25-52-42)22-9-24-50-8/h10-11,14-21,26,32-34,36,43-45H,9,12-13,22-25,27-31H2,1-8H3/t43-,44+,45-/m0/s1. The van der Waals surface area contributed by atoms with E-state index in [1.807, 2.05) is 25.1 Å². The molecule has 0 unspecified atom stereocenters. The number of benzene rings is 3. The fourth-order valence-corrected chi connectivity index (χ4v) is 16.1. The Bertz CT molecular complexity index is 1790. The van der Waals surface area contributed by atoms with Gasteiger partial charge in [-0.25, -0.2) is 8.42 Å². The van der Waals surface area contributed by atoms with Crippen molar-refractivity contribution in [1.82, 2.24) is 4.31 Å². The van der Waals surface area contributed by atoms with Crippen LogP contribution in [0.25, 0.3) is 0 Å². The molecular formula is C45H66N2O7SSi. The Kier molecular flexibility index (Phi) is 14.4. The summed E-state index contributed by atoms with van der Waals surface area (Å²) in [6, 6.07) is 22.1. The first-order valence-electron chi connectivity index (χ1n) is 20.9. The summed E-state index contributed by atoms with van der Waals surface area (Å²) >= 11 is 0. The van der Waals surface area contributed by atoms with Crippen LogP contribution in [0.1, 0.15) is 89.0 Å². The molecule has 1 saturated carbocycles. The molecule has 11 heteroatoms. The van der Waals surface area contributed by atoms with Crippen molar-refractivity contribution >= 4 is 24.0 Å². The number of piperidine rings is 1. The predicted molar refractivity (Wildman–Crippen MR) is 227 cm³/mol. The Morgan fingerprint density at radius 2 is 1.50 bits per heavy atom. The third kappa shape index (κ3) is 9.90. The number of methoxy groups -OCH3 is 1. The number of ether oxygens (including phenoxy) is 4. The first-order chi connectivity index (χ1) is 26.8. The minimum Gasteiger partial charge on any atom is -0.490 e. The Morgan fingerprint density at radius 3 is 2.14 bits per heavy atom. The van der Waals surface area contributed by atoms with Crippen LogP contribution in [-0.2, 0) is 41.9 Å². The highest BCUT2D eigenvalue weighted by atomic mass is 32.2. The number of hydrogen-bond acceptors (Lipinski definition) is 8. The average Bonchev–Trinajstić information content (AvgIpc) is 4.01. The van der Waals surface area contributed by atoms with Crippen molar-refractivity contribution < 1.29 is 31.8 Å². The molecule has 308 valence electrons. The minimum absolute atomic E-state index is 0.199. The molecule has 0 aromatic heterocycles. The molecule has 1 saturated heterocycles. The van der Waals surface area contributed by atoms with Gasteiger partial charge in [-0.15, -0.1) is 0 Å². The van der Waals surface area contributed by atoms with Crippen molar-refractivity contribution in [3.8, 4) is 5.75 Å². The molecule has 6 rings (SSSR count). The molecule has 9 nitrogen and oxygen atoms in total. The van der Waals surface area contributed by atoms with Gasteiger partial charge in [-0.2, -0.15) is 4.31 Å². The first kappa shape index (κ1) is 42.8. The van der Waals surface area contributed by atoms with E-state index in [-0.39, 0.29) is 23.9 Å². The predicted octanol–water partition coefficient (Wildman–Crippen LogP) is 9.09. The lowest BCUT2D eigenvalue weighted by atomic mass is 9.85. The van der Waals surface area contributed by atoms with Crippen molar-refractivity contribution in [2.75, 3.05) is 58.0 Å². The molecule has 1 aliphatic carbocycles. The van der Waals surface area contributed by atoms with Crippen molar-refractivity contribution in [2.24, 2.45) is 5.92 Å². The molecular weight excluding hydrogens is 741 g/mol. The molecule has 3 aromatic carbocycles. The topological polar surface area (TPSA) is 86.8 Å². The zero-order valence-corrected chi connectivity index (χ0v) is 36.9. The van der Waals surface area contributed by atoms with Crippen LogP contribution in [0, 0.1) is 12.8 Å². The lowest BCUT2D eigenvalue weighted by Gasteiger charge is -2.50. The zero-order chi connectivity index (χ0) is 40.0. The summed E-state index contributed by atoms with van der Waals surface area (Å²) in [4.78, 5) is 2.65. The fourth-order valence-electron chi connectivity index (χ4n) is 9.07. The van der Waals surface area contributed by atoms with Crippen LogP contribution in [0.4, 0.5) is 5.69 Å². The third-order valence-electron chi connectivity index (χ3n) is 12.2. The molecule has 3 aliphatic rings. The third-order valence-corrected chi connectivity index (χ3v) is 20.2. The summed E-state index contributed by atoms with van der Waals surface area (Å²) in [5, 5.41) is 0. The molecule has 0 bridgehead atoms. The lowest BCUT2D eigenvalue weighted by molar-refractivity contribution is -0.0504. The second-order valence-electron chi connectivity index (χ2n) is 17.2. The Balaban J connectivity index is 1.37. The van der Waals surface area contributed by atoms with E-state index in [0.29, 0.717) is 49.0 Å². The number of sulfonamides is 1. The summed E-state index contributed by atoms with van der Waals surface area (Å²) in [6.07, 6.45) is 2.55. The average molecular weight is 807 g/mol. The van der Waals surface area contributed by atoms with Gasteiger partial charge in [0.1, 0.15) is 12.4 Å². The molecule has 2 fully saturated rings. The minimum atomic E-state index is -3.86. The number of hydrogen-bond donors (Lipinski definition) is 0. The maximum atomic E-state index is 14.6. The van der Waals surface area contributed by atoms with Crippen molar-refractivity contribution in [2.45, 2.75) is 121 Å². The smallest absolute Gasteiger partial charge is 0.243 e. The summed E-state index contributed by atoms with van der Waals surface area (Å²) in [5.41, 5.74) is 6.27. The number of rotatable bonds is 19. The van der Waals surface area contributed by atoms with E-state index >= 15 is 0 Å². The van der Waals surface area contributed by atoms with Crippen LogP contribution >= 0.6 is 0 Å². The number of aryl methyl sites for hydroxylation is 1. The highest BCUT2D eigenvalue weighted by molar-refractivity contribution is 7.89. The molecule has 0 amide bonds. The molecule has 0 spiro atoms. The summed E-state index contributed by atoms with van der Waals surface area (Å²) < 4.78 is 62.8. The highest BCUT2D eigenvalue weighted by Gasteiger charge is 2.51. The van der Waals surface area contributed by atoms with E-state index in [4.69, 9.17) is 23.4 Å². The Hall–Kier alpha value is -2.77. The molecule has 2 heterocycles. The normalized spacial score (nSPS) is 20.8. The molecule has 56 heavy (non-hydrogen) atoms. The van der Waals surface area contributed by atoms with Gasteiger partial charge in [0, 0.05) is 45.9 Å². The van der Waals surface area contributed by atoms with Crippen molar-refractivity contribution in [3.05, 3.63) is 89.0 Å². The molecule has 2 aliphatic heterocycles. The monoisotopic (exact) mass is 806 g/mol. The Labute approximate surface area is 338 Å². The van der Waals surface area contributed by atoms with Gasteiger partial charge in [-0.05, 0) is 89.7 Å². The summed E-state index contributed by atoms with van der Waals surface area (Å²) in [7, 11) is -4.60. The SMILES string of the molecule is COCCCN1CCOc2ccc(CO[C@H]3CN(S(=O)(=O)c4ccc(C)cc4)C[C@@H](O[Si](C(C)C)(C(C)C)C(C)C)[C@H]3c3ccc(COCC4CC4)cc3)cc21. The van der Waals surface area contributed by atoms with E-state index in [9.17, 15) is 8.42 Å². The van der Waals surface area contributed by atoms with Crippen LogP contribution in [0.15, 0.2) is 71.6 Å².